The van der Waals surface area contributed by atoms with Crippen LogP contribution in [0.5, 0.6) is 5.75 Å². The van der Waals surface area contributed by atoms with Gasteiger partial charge in [-0.25, -0.2) is 12.8 Å². The molecule has 2 aromatic rings. The van der Waals surface area contributed by atoms with Gasteiger partial charge in [0, 0.05) is 6.04 Å². The standard InChI is InChI=1S/C19H21FN2O4S/c1-2-26-17-9-11-18(12-10-17)27(24,25)22(13-19(23)21-15-5-6-15)16-7-3-14(20)4-8-16/h3-4,7-12,15H,2,5-6,13H2,1H3,(H,21,23). The lowest BCUT2D eigenvalue weighted by Gasteiger charge is -2.24. The molecule has 2 aromatic carbocycles. The summed E-state index contributed by atoms with van der Waals surface area (Å²) in [5.74, 6) is -0.327. The van der Waals surface area contributed by atoms with E-state index in [2.05, 4.69) is 5.32 Å². The SMILES string of the molecule is CCOc1ccc(S(=O)(=O)N(CC(=O)NC2CC2)c2ccc(F)cc2)cc1. The van der Waals surface area contributed by atoms with Gasteiger partial charge in [-0.15, -0.1) is 0 Å². The number of benzene rings is 2. The number of ether oxygens (including phenoxy) is 1. The largest absolute Gasteiger partial charge is 0.494 e. The van der Waals surface area contributed by atoms with Crippen molar-refractivity contribution in [2.24, 2.45) is 0 Å². The van der Waals surface area contributed by atoms with E-state index in [0.29, 0.717) is 12.4 Å². The van der Waals surface area contributed by atoms with Gasteiger partial charge in [-0.05, 0) is 68.3 Å². The van der Waals surface area contributed by atoms with Crippen molar-refractivity contribution in [3.63, 3.8) is 0 Å². The van der Waals surface area contributed by atoms with Gasteiger partial charge < -0.3 is 10.1 Å². The van der Waals surface area contributed by atoms with Crippen LogP contribution < -0.4 is 14.4 Å². The maximum absolute atomic E-state index is 13.3. The van der Waals surface area contributed by atoms with Crippen LogP contribution in [0.4, 0.5) is 10.1 Å². The maximum atomic E-state index is 13.3. The maximum Gasteiger partial charge on any atom is 0.264 e. The highest BCUT2D eigenvalue weighted by Crippen LogP contribution is 2.26. The number of carbonyl (C=O) groups excluding carboxylic acids is 1. The summed E-state index contributed by atoms with van der Waals surface area (Å²) in [4.78, 5) is 12.3. The molecule has 6 nitrogen and oxygen atoms in total. The van der Waals surface area contributed by atoms with Crippen molar-refractivity contribution in [2.45, 2.75) is 30.7 Å². The fourth-order valence-electron chi connectivity index (χ4n) is 2.56. The Kier molecular flexibility index (Phi) is 5.65. The minimum absolute atomic E-state index is 0.0227. The minimum atomic E-state index is -4.01. The molecule has 0 spiro atoms. The molecule has 27 heavy (non-hydrogen) atoms. The highest BCUT2D eigenvalue weighted by atomic mass is 32.2. The van der Waals surface area contributed by atoms with Gasteiger partial charge in [0.05, 0.1) is 17.2 Å². The molecule has 0 unspecified atom stereocenters. The average Bonchev–Trinajstić information content (AvgIpc) is 3.45. The number of nitrogens with one attached hydrogen (secondary N) is 1. The highest BCUT2D eigenvalue weighted by molar-refractivity contribution is 7.92. The third-order valence-electron chi connectivity index (χ3n) is 4.07. The average molecular weight is 392 g/mol. The first kappa shape index (κ1) is 19.2. The second-order valence-electron chi connectivity index (χ2n) is 6.23. The van der Waals surface area contributed by atoms with E-state index in [-0.39, 0.29) is 23.2 Å². The lowest BCUT2D eigenvalue weighted by molar-refractivity contribution is -0.119. The van der Waals surface area contributed by atoms with E-state index >= 15 is 0 Å². The first-order valence-electron chi connectivity index (χ1n) is 8.70. The molecule has 1 aliphatic rings. The third-order valence-corrected chi connectivity index (χ3v) is 5.86. The van der Waals surface area contributed by atoms with Crippen molar-refractivity contribution in [3.8, 4) is 5.75 Å². The van der Waals surface area contributed by atoms with Gasteiger partial charge in [-0.2, -0.15) is 0 Å². The summed E-state index contributed by atoms with van der Waals surface area (Å²) in [7, 11) is -4.01. The number of rotatable bonds is 8. The molecule has 1 fully saturated rings. The normalized spacial score (nSPS) is 13.9. The Bertz CT molecular complexity index is 894. The van der Waals surface area contributed by atoms with Gasteiger partial charge in [0.1, 0.15) is 18.1 Å². The summed E-state index contributed by atoms with van der Waals surface area (Å²) in [5.41, 5.74) is 0.219. The molecule has 1 aliphatic carbocycles. The van der Waals surface area contributed by atoms with Crippen LogP contribution in [0.25, 0.3) is 0 Å². The van der Waals surface area contributed by atoms with Gasteiger partial charge in [0.25, 0.3) is 10.0 Å². The second kappa shape index (κ2) is 7.96. The highest BCUT2D eigenvalue weighted by Gasteiger charge is 2.30. The van der Waals surface area contributed by atoms with Gasteiger partial charge in [-0.3, -0.25) is 9.10 Å². The first-order valence-corrected chi connectivity index (χ1v) is 10.1. The number of sulfonamides is 1. The smallest absolute Gasteiger partial charge is 0.264 e. The number of hydrogen-bond donors (Lipinski definition) is 1. The summed E-state index contributed by atoms with van der Waals surface area (Å²) < 4.78 is 45.9. The summed E-state index contributed by atoms with van der Waals surface area (Å²) in [6.07, 6.45) is 1.79. The van der Waals surface area contributed by atoms with Crippen molar-refractivity contribution in [2.75, 3.05) is 17.5 Å². The predicted octanol–water partition coefficient (Wildman–Crippen LogP) is 2.70. The predicted molar refractivity (Wildman–Crippen MR) is 99.7 cm³/mol. The zero-order valence-electron chi connectivity index (χ0n) is 14.9. The van der Waals surface area contributed by atoms with Crippen LogP contribution in [0.3, 0.4) is 0 Å². The Morgan fingerprint density at radius 2 is 1.78 bits per heavy atom. The number of anilines is 1. The third kappa shape index (κ3) is 4.77. The van der Waals surface area contributed by atoms with Crippen LogP contribution in [0.2, 0.25) is 0 Å². The Hall–Kier alpha value is -2.61. The first-order chi connectivity index (χ1) is 12.9. The van der Waals surface area contributed by atoms with Crippen LogP contribution in [0.15, 0.2) is 53.4 Å². The van der Waals surface area contributed by atoms with Crippen molar-refractivity contribution >= 4 is 21.6 Å². The summed E-state index contributed by atoms with van der Waals surface area (Å²) in [5, 5.41) is 2.78. The van der Waals surface area contributed by atoms with Crippen molar-refractivity contribution in [1.82, 2.24) is 5.32 Å². The van der Waals surface area contributed by atoms with E-state index in [4.69, 9.17) is 4.74 Å². The van der Waals surface area contributed by atoms with Crippen molar-refractivity contribution < 1.29 is 22.3 Å². The number of carbonyl (C=O) groups is 1. The molecule has 3 rings (SSSR count). The van der Waals surface area contributed by atoms with Crippen molar-refractivity contribution in [3.05, 3.63) is 54.3 Å². The van der Waals surface area contributed by atoms with Crippen LogP contribution in [0.1, 0.15) is 19.8 Å². The zero-order chi connectivity index (χ0) is 19.4. The number of nitrogens with zero attached hydrogens (tertiary/aromatic N) is 1. The lowest BCUT2D eigenvalue weighted by atomic mass is 10.3. The Balaban J connectivity index is 1.91. The molecule has 8 heteroatoms. The molecule has 0 heterocycles. The van der Waals surface area contributed by atoms with Gasteiger partial charge in [0.2, 0.25) is 5.91 Å². The molecule has 0 radical (unpaired) electrons. The summed E-state index contributed by atoms with van der Waals surface area (Å²) >= 11 is 0. The van der Waals surface area contributed by atoms with E-state index in [1.54, 1.807) is 12.1 Å². The molecule has 1 saturated carbocycles. The molecule has 0 saturated heterocycles. The van der Waals surface area contributed by atoms with Gasteiger partial charge in [-0.1, -0.05) is 0 Å². The monoisotopic (exact) mass is 392 g/mol. The number of hydrogen-bond acceptors (Lipinski definition) is 4. The van der Waals surface area contributed by atoms with E-state index in [0.717, 1.165) is 29.3 Å². The van der Waals surface area contributed by atoms with Crippen LogP contribution in [-0.2, 0) is 14.8 Å². The van der Waals surface area contributed by atoms with Crippen LogP contribution >= 0.6 is 0 Å². The second-order valence-corrected chi connectivity index (χ2v) is 8.10. The fraction of sp³-hybridized carbons (Fsp3) is 0.316. The molecular weight excluding hydrogens is 371 g/mol. The minimum Gasteiger partial charge on any atom is -0.494 e. The van der Waals surface area contributed by atoms with Gasteiger partial charge >= 0.3 is 0 Å². The summed E-state index contributed by atoms with van der Waals surface area (Å²) in [6.45, 7) is 1.92. The Morgan fingerprint density at radius 1 is 1.15 bits per heavy atom. The number of halogens is 1. The summed E-state index contributed by atoms with van der Waals surface area (Å²) in [6, 6.07) is 11.1. The Morgan fingerprint density at radius 3 is 2.33 bits per heavy atom. The molecule has 0 aliphatic heterocycles. The van der Waals surface area contributed by atoms with E-state index in [9.17, 15) is 17.6 Å². The van der Waals surface area contributed by atoms with Crippen LogP contribution in [-0.4, -0.2) is 33.5 Å². The van der Waals surface area contributed by atoms with Gasteiger partial charge in [0.15, 0.2) is 0 Å². The fourth-order valence-corrected chi connectivity index (χ4v) is 3.98. The number of amides is 1. The molecule has 0 bridgehead atoms. The van der Waals surface area contributed by atoms with E-state index < -0.39 is 21.7 Å². The lowest BCUT2D eigenvalue weighted by Crippen LogP contribution is -2.41. The quantitative estimate of drug-likeness (QED) is 0.750. The molecule has 0 aromatic heterocycles. The molecule has 1 amide bonds. The van der Waals surface area contributed by atoms with Crippen LogP contribution in [0, 0.1) is 5.82 Å². The molecule has 1 N–H and O–H groups in total. The Labute approximate surface area is 158 Å². The molecule has 0 atom stereocenters. The molecular formula is C19H21FN2O4S. The van der Waals surface area contributed by atoms with E-state index in [1.165, 1.54) is 24.3 Å². The van der Waals surface area contributed by atoms with E-state index in [1.807, 2.05) is 6.92 Å². The topological polar surface area (TPSA) is 75.7 Å². The molecule has 144 valence electrons. The zero-order valence-corrected chi connectivity index (χ0v) is 15.7. The van der Waals surface area contributed by atoms with Crippen molar-refractivity contribution in [1.29, 1.82) is 0 Å².